The normalized spacial score (nSPS) is 17.4. The lowest BCUT2D eigenvalue weighted by atomic mass is 10.0. The Morgan fingerprint density at radius 1 is 1.57 bits per heavy atom. The zero-order valence-corrected chi connectivity index (χ0v) is 13.9. The number of carbonyl (C=O) groups excluding carboxylic acids is 1. The lowest BCUT2D eigenvalue weighted by molar-refractivity contribution is 0.104. The molecule has 114 valence electrons. The van der Waals surface area contributed by atoms with Crippen molar-refractivity contribution in [1.82, 2.24) is 5.32 Å². The maximum absolute atomic E-state index is 12.3. The van der Waals surface area contributed by atoms with Crippen LogP contribution in [0, 0.1) is 0 Å². The number of carbonyl (C=O) groups is 1. The van der Waals surface area contributed by atoms with Gasteiger partial charge in [0.1, 0.15) is 16.9 Å². The Morgan fingerprint density at radius 3 is 2.86 bits per heavy atom. The minimum atomic E-state index is -0.339. The molecule has 0 aromatic heterocycles. The van der Waals surface area contributed by atoms with Gasteiger partial charge in [0.2, 0.25) is 0 Å². The average molecular weight is 348 g/mol. The number of halogens is 2. The Morgan fingerprint density at radius 2 is 2.29 bits per heavy atom. The van der Waals surface area contributed by atoms with E-state index in [0.717, 1.165) is 10.6 Å². The van der Waals surface area contributed by atoms with Gasteiger partial charge >= 0.3 is 0 Å². The van der Waals surface area contributed by atoms with E-state index in [4.69, 9.17) is 27.9 Å². The summed E-state index contributed by atoms with van der Waals surface area (Å²) in [5, 5.41) is 13.2. The van der Waals surface area contributed by atoms with E-state index in [0.29, 0.717) is 17.7 Å². The monoisotopic (exact) mass is 347 g/mol. The van der Waals surface area contributed by atoms with Crippen LogP contribution in [0.5, 0.6) is 5.75 Å². The molecule has 1 aromatic rings. The van der Waals surface area contributed by atoms with Crippen molar-refractivity contribution >= 4 is 40.7 Å². The van der Waals surface area contributed by atoms with Crippen LogP contribution in [-0.4, -0.2) is 36.9 Å². The van der Waals surface area contributed by atoms with Crippen LogP contribution in [0.25, 0.3) is 0 Å². The predicted octanol–water partition coefficient (Wildman–Crippen LogP) is 2.90. The highest BCUT2D eigenvalue weighted by atomic mass is 35.5. The molecular weight excluding hydrogens is 333 g/mol. The number of aliphatic hydroxyl groups excluding tert-OH is 1. The first kappa shape index (κ1) is 16.5. The maximum atomic E-state index is 12.3. The molecule has 1 unspecified atom stereocenters. The van der Waals surface area contributed by atoms with Gasteiger partial charge in [0.05, 0.1) is 16.7 Å². The number of benzene rings is 1. The van der Waals surface area contributed by atoms with Crippen LogP contribution in [0.15, 0.2) is 17.2 Å². The zero-order valence-electron chi connectivity index (χ0n) is 11.6. The van der Waals surface area contributed by atoms with Gasteiger partial charge in [-0.1, -0.05) is 23.2 Å². The van der Waals surface area contributed by atoms with Gasteiger partial charge in [0.15, 0.2) is 5.78 Å². The van der Waals surface area contributed by atoms with Gasteiger partial charge in [-0.25, -0.2) is 0 Å². The van der Waals surface area contributed by atoms with Gasteiger partial charge in [-0.05, 0) is 12.3 Å². The molecule has 1 heterocycles. The quantitative estimate of drug-likeness (QED) is 0.633. The first-order valence-electron chi connectivity index (χ1n) is 6.28. The molecule has 0 spiro atoms. The third-order valence-electron chi connectivity index (χ3n) is 3.17. The summed E-state index contributed by atoms with van der Waals surface area (Å²) in [6, 6.07) is 1.69. The topological polar surface area (TPSA) is 58.6 Å². The molecule has 0 amide bonds. The van der Waals surface area contributed by atoms with E-state index >= 15 is 0 Å². The molecule has 2 rings (SSSR count). The summed E-state index contributed by atoms with van der Waals surface area (Å²) in [4.78, 5) is 12.3. The predicted molar refractivity (Wildman–Crippen MR) is 86.7 cm³/mol. The van der Waals surface area contributed by atoms with Crippen molar-refractivity contribution < 1.29 is 14.6 Å². The van der Waals surface area contributed by atoms with Crippen molar-refractivity contribution in [1.29, 1.82) is 0 Å². The lowest BCUT2D eigenvalue weighted by Gasteiger charge is -2.10. The minimum absolute atomic E-state index is 0.109. The highest BCUT2D eigenvalue weighted by Gasteiger charge is 2.28. The molecule has 0 fully saturated rings. The molecule has 0 saturated carbocycles. The molecule has 2 N–H and O–H groups in total. The highest BCUT2D eigenvalue weighted by Crippen LogP contribution is 2.42. The molecule has 0 radical (unpaired) electrons. The van der Waals surface area contributed by atoms with Crippen LogP contribution < -0.4 is 10.1 Å². The Hall–Kier alpha value is -0.880. The summed E-state index contributed by atoms with van der Waals surface area (Å²) in [5.74, 6) is 0.232. The van der Waals surface area contributed by atoms with Crippen molar-refractivity contribution in [3.8, 4) is 5.75 Å². The van der Waals surface area contributed by atoms with Crippen LogP contribution >= 0.6 is 35.0 Å². The molecule has 21 heavy (non-hydrogen) atoms. The lowest BCUT2D eigenvalue weighted by Crippen LogP contribution is -2.17. The Bertz CT molecular complexity index is 598. The van der Waals surface area contributed by atoms with Crippen LogP contribution in [0.1, 0.15) is 15.9 Å². The average Bonchev–Trinajstić information content (AvgIpc) is 2.91. The molecule has 7 heteroatoms. The van der Waals surface area contributed by atoms with Gasteiger partial charge in [-0.15, -0.1) is 11.8 Å². The van der Waals surface area contributed by atoms with Gasteiger partial charge < -0.3 is 15.2 Å². The second-order valence-electron chi connectivity index (χ2n) is 4.49. The molecule has 0 aliphatic carbocycles. The number of rotatable bonds is 5. The van der Waals surface area contributed by atoms with E-state index < -0.39 is 0 Å². The molecular formula is C14H15Cl2NO3S. The van der Waals surface area contributed by atoms with Gasteiger partial charge in [-0.2, -0.15) is 0 Å². The number of nitrogens with one attached hydrogen (secondary N) is 1. The van der Waals surface area contributed by atoms with Crippen molar-refractivity contribution in [2.24, 2.45) is 0 Å². The zero-order chi connectivity index (χ0) is 15.6. The summed E-state index contributed by atoms with van der Waals surface area (Å²) in [5.41, 5.74) is 1.12. The largest absolute Gasteiger partial charge is 0.486 e. The van der Waals surface area contributed by atoms with Crippen molar-refractivity contribution in [3.63, 3.8) is 0 Å². The molecule has 0 saturated heterocycles. The van der Waals surface area contributed by atoms with Crippen LogP contribution in [0.4, 0.5) is 0 Å². The van der Waals surface area contributed by atoms with Crippen LogP contribution in [-0.2, 0) is 6.42 Å². The summed E-state index contributed by atoms with van der Waals surface area (Å²) in [7, 11) is 1.74. The third kappa shape index (κ3) is 3.31. The standard InChI is InChI=1S/C14H15Cl2NO3S/c1-17-11(21-2)5-10(19)9-4-7-3-8(6-18)20-14(7)13(16)12(9)15/h4-5,8,17-18H,3,6H2,1-2H3/b11-5-. The van der Waals surface area contributed by atoms with Gasteiger partial charge in [-0.3, -0.25) is 4.79 Å². The third-order valence-corrected chi connectivity index (χ3v) is 4.78. The maximum Gasteiger partial charge on any atom is 0.189 e. The fraction of sp³-hybridized carbons (Fsp3) is 0.357. The molecule has 1 aromatic carbocycles. The van der Waals surface area contributed by atoms with E-state index in [9.17, 15) is 9.90 Å². The number of fused-ring (bicyclic) bond motifs is 1. The SMILES string of the molecule is CN/C(=C/C(=O)c1cc2c(c(Cl)c1Cl)OC(CO)C2)SC. The number of hydrogen-bond acceptors (Lipinski definition) is 5. The van der Waals surface area contributed by atoms with Gasteiger partial charge in [0, 0.05) is 30.7 Å². The number of allylic oxidation sites excluding steroid dienone is 1. The Kier molecular flexibility index (Phi) is 5.43. The van der Waals surface area contributed by atoms with Crippen molar-refractivity contribution in [3.05, 3.63) is 38.3 Å². The molecule has 0 bridgehead atoms. The van der Waals surface area contributed by atoms with Gasteiger partial charge in [0.25, 0.3) is 0 Å². The first-order valence-corrected chi connectivity index (χ1v) is 8.26. The van der Waals surface area contributed by atoms with Crippen molar-refractivity contribution in [2.75, 3.05) is 19.9 Å². The summed E-state index contributed by atoms with van der Waals surface area (Å²) in [6.45, 7) is -0.109. The minimum Gasteiger partial charge on any atom is -0.486 e. The number of ketones is 1. The highest BCUT2D eigenvalue weighted by molar-refractivity contribution is 8.02. The number of hydrogen-bond donors (Lipinski definition) is 2. The fourth-order valence-electron chi connectivity index (χ4n) is 2.11. The number of thioether (sulfide) groups is 1. The van der Waals surface area contributed by atoms with Crippen LogP contribution in [0.3, 0.4) is 0 Å². The molecule has 4 nitrogen and oxygen atoms in total. The smallest absolute Gasteiger partial charge is 0.189 e. The van der Waals surface area contributed by atoms with E-state index in [1.54, 1.807) is 13.1 Å². The number of aliphatic hydroxyl groups is 1. The fourth-order valence-corrected chi connectivity index (χ4v) is 3.04. The summed E-state index contributed by atoms with van der Waals surface area (Å²) in [6.07, 6.45) is 3.52. The summed E-state index contributed by atoms with van der Waals surface area (Å²) < 4.78 is 5.52. The van der Waals surface area contributed by atoms with E-state index in [2.05, 4.69) is 5.32 Å². The van der Waals surface area contributed by atoms with E-state index in [-0.39, 0.29) is 28.5 Å². The van der Waals surface area contributed by atoms with Crippen molar-refractivity contribution in [2.45, 2.75) is 12.5 Å². The van der Waals surface area contributed by atoms with Crippen LogP contribution in [0.2, 0.25) is 10.0 Å². The molecule has 1 atom stereocenters. The Labute approximate surface area is 137 Å². The molecule has 1 aliphatic heterocycles. The Balaban J connectivity index is 2.41. The first-order chi connectivity index (χ1) is 10.0. The number of ether oxygens (including phenoxy) is 1. The van der Waals surface area contributed by atoms with E-state index in [1.807, 2.05) is 6.26 Å². The second kappa shape index (κ2) is 6.92. The summed E-state index contributed by atoms with van der Waals surface area (Å²) >= 11 is 13.8. The second-order valence-corrected chi connectivity index (χ2v) is 6.10. The van der Waals surface area contributed by atoms with E-state index in [1.165, 1.54) is 17.8 Å². The molecule has 1 aliphatic rings.